The molecule has 2 aromatic carbocycles. The normalized spacial score (nSPS) is 13.3. The van der Waals surface area contributed by atoms with Gasteiger partial charge < -0.3 is 10.4 Å². The number of amides is 1. The van der Waals surface area contributed by atoms with Crippen molar-refractivity contribution in [2.45, 2.75) is 6.54 Å². The van der Waals surface area contributed by atoms with Crippen LogP contribution in [0.2, 0.25) is 0 Å². The predicted octanol–water partition coefficient (Wildman–Crippen LogP) is 2.44. The Kier molecular flexibility index (Phi) is 2.30. The average Bonchev–Trinajstić information content (AvgIpc) is 2.71. The number of fused-ring (bicyclic) bond motifs is 1. The van der Waals surface area contributed by atoms with Crippen molar-refractivity contribution in [1.82, 2.24) is 5.32 Å². The molecule has 2 aromatic rings. The van der Waals surface area contributed by atoms with Crippen LogP contribution >= 0.6 is 0 Å². The second kappa shape index (κ2) is 3.84. The van der Waals surface area contributed by atoms with E-state index in [1.807, 2.05) is 0 Å². The van der Waals surface area contributed by atoms with E-state index in [9.17, 15) is 14.3 Å². The van der Waals surface area contributed by atoms with Crippen LogP contribution in [0, 0.1) is 5.82 Å². The zero-order chi connectivity index (χ0) is 12.7. The average molecular weight is 243 g/mol. The number of rotatable bonds is 1. The lowest BCUT2D eigenvalue weighted by atomic mass is 9.99. The molecule has 90 valence electrons. The Balaban J connectivity index is 2.15. The minimum atomic E-state index is -0.336. The summed E-state index contributed by atoms with van der Waals surface area (Å²) in [5, 5.41) is 12.6. The van der Waals surface area contributed by atoms with E-state index in [4.69, 9.17) is 0 Å². The van der Waals surface area contributed by atoms with E-state index in [1.54, 1.807) is 24.3 Å². The molecule has 1 heterocycles. The van der Waals surface area contributed by atoms with E-state index in [0.717, 1.165) is 5.56 Å². The van der Waals surface area contributed by atoms with Gasteiger partial charge in [0.05, 0.1) is 0 Å². The van der Waals surface area contributed by atoms with E-state index in [-0.39, 0.29) is 17.5 Å². The molecule has 3 rings (SSSR count). The summed E-state index contributed by atoms with van der Waals surface area (Å²) in [6.45, 7) is 0.436. The van der Waals surface area contributed by atoms with Gasteiger partial charge in [-0.05, 0) is 35.4 Å². The molecule has 0 radical (unpaired) electrons. The number of hydrogen-bond donors (Lipinski definition) is 2. The Morgan fingerprint density at radius 3 is 2.56 bits per heavy atom. The molecular weight excluding hydrogens is 233 g/mol. The van der Waals surface area contributed by atoms with Crippen molar-refractivity contribution < 1.29 is 14.3 Å². The number of carbonyl (C=O) groups is 1. The third kappa shape index (κ3) is 1.62. The third-order valence-electron chi connectivity index (χ3n) is 3.06. The molecule has 0 aromatic heterocycles. The quantitative estimate of drug-likeness (QED) is 0.808. The predicted molar refractivity (Wildman–Crippen MR) is 64.7 cm³/mol. The molecule has 0 fully saturated rings. The smallest absolute Gasteiger partial charge is 0.251 e. The number of phenolic OH excluding ortho intramolecular Hbond substituents is 1. The first-order valence-corrected chi connectivity index (χ1v) is 5.55. The van der Waals surface area contributed by atoms with Crippen molar-refractivity contribution in [2.24, 2.45) is 0 Å². The minimum absolute atomic E-state index is 0.0943. The van der Waals surface area contributed by atoms with E-state index < -0.39 is 0 Å². The minimum Gasteiger partial charge on any atom is -0.507 e. The van der Waals surface area contributed by atoms with Crippen LogP contribution in [0.3, 0.4) is 0 Å². The van der Waals surface area contributed by atoms with Gasteiger partial charge in [0.2, 0.25) is 0 Å². The van der Waals surface area contributed by atoms with Gasteiger partial charge >= 0.3 is 0 Å². The maximum absolute atomic E-state index is 12.9. The van der Waals surface area contributed by atoms with Gasteiger partial charge in [-0.25, -0.2) is 4.39 Å². The summed E-state index contributed by atoms with van der Waals surface area (Å²) in [4.78, 5) is 11.6. The van der Waals surface area contributed by atoms with Gasteiger partial charge in [0.1, 0.15) is 11.6 Å². The van der Waals surface area contributed by atoms with Crippen LogP contribution in [-0.4, -0.2) is 11.0 Å². The van der Waals surface area contributed by atoms with Crippen LogP contribution < -0.4 is 5.32 Å². The first-order valence-electron chi connectivity index (χ1n) is 5.55. The Bertz CT molecular complexity index is 635. The molecule has 18 heavy (non-hydrogen) atoms. The van der Waals surface area contributed by atoms with Gasteiger partial charge in [-0.15, -0.1) is 0 Å². The van der Waals surface area contributed by atoms with Crippen LogP contribution in [0.4, 0.5) is 4.39 Å². The molecule has 1 amide bonds. The topological polar surface area (TPSA) is 49.3 Å². The molecular formula is C14H10FNO2. The molecule has 2 N–H and O–H groups in total. The fourth-order valence-corrected chi connectivity index (χ4v) is 2.12. The largest absolute Gasteiger partial charge is 0.507 e. The van der Waals surface area contributed by atoms with Crippen LogP contribution in [-0.2, 0) is 6.54 Å². The molecule has 0 atom stereocenters. The molecule has 1 aliphatic heterocycles. The van der Waals surface area contributed by atoms with Crippen molar-refractivity contribution in [2.75, 3.05) is 0 Å². The lowest BCUT2D eigenvalue weighted by Crippen LogP contribution is -2.12. The highest BCUT2D eigenvalue weighted by Crippen LogP contribution is 2.33. The van der Waals surface area contributed by atoms with Crippen molar-refractivity contribution >= 4 is 5.91 Å². The highest BCUT2D eigenvalue weighted by molar-refractivity contribution is 6.00. The number of aromatic hydroxyl groups is 1. The molecule has 1 aliphatic rings. The maximum Gasteiger partial charge on any atom is 0.251 e. The highest BCUT2D eigenvalue weighted by Gasteiger charge is 2.21. The zero-order valence-electron chi connectivity index (χ0n) is 9.40. The zero-order valence-corrected chi connectivity index (χ0v) is 9.40. The number of hydrogen-bond acceptors (Lipinski definition) is 2. The highest BCUT2D eigenvalue weighted by atomic mass is 19.1. The molecule has 3 nitrogen and oxygen atoms in total. The summed E-state index contributed by atoms with van der Waals surface area (Å²) in [5.74, 6) is -0.387. The SMILES string of the molecule is O=C1NCc2cc(O)c(-c3ccc(F)cc3)cc21. The van der Waals surface area contributed by atoms with Crippen molar-refractivity contribution in [3.8, 4) is 16.9 Å². The van der Waals surface area contributed by atoms with Crippen LogP contribution in [0.5, 0.6) is 5.75 Å². The maximum atomic E-state index is 12.9. The lowest BCUT2D eigenvalue weighted by molar-refractivity contribution is 0.0966. The number of nitrogens with one attached hydrogen (secondary N) is 1. The van der Waals surface area contributed by atoms with Crippen molar-refractivity contribution in [1.29, 1.82) is 0 Å². The van der Waals surface area contributed by atoms with Crippen LogP contribution in [0.15, 0.2) is 36.4 Å². The monoisotopic (exact) mass is 243 g/mol. The number of halogens is 1. The van der Waals surface area contributed by atoms with E-state index >= 15 is 0 Å². The van der Waals surface area contributed by atoms with Crippen LogP contribution in [0.1, 0.15) is 15.9 Å². The fourth-order valence-electron chi connectivity index (χ4n) is 2.12. The van der Waals surface area contributed by atoms with Gasteiger partial charge in [0, 0.05) is 17.7 Å². The second-order valence-electron chi connectivity index (χ2n) is 4.22. The number of phenols is 1. The van der Waals surface area contributed by atoms with Crippen molar-refractivity contribution in [3.05, 3.63) is 53.3 Å². The van der Waals surface area contributed by atoms with E-state index in [2.05, 4.69) is 5.32 Å². The van der Waals surface area contributed by atoms with Gasteiger partial charge in [-0.1, -0.05) is 12.1 Å². The second-order valence-corrected chi connectivity index (χ2v) is 4.22. The lowest BCUT2D eigenvalue weighted by Gasteiger charge is -2.07. The van der Waals surface area contributed by atoms with Gasteiger partial charge in [0.15, 0.2) is 0 Å². The summed E-state index contributed by atoms with van der Waals surface area (Å²) in [6, 6.07) is 9.00. The first-order chi connectivity index (χ1) is 8.65. The first kappa shape index (κ1) is 10.8. The van der Waals surface area contributed by atoms with Crippen LogP contribution in [0.25, 0.3) is 11.1 Å². The number of benzene rings is 2. The molecule has 0 saturated heterocycles. The Hall–Kier alpha value is -2.36. The summed E-state index contributed by atoms with van der Waals surface area (Å²) >= 11 is 0. The van der Waals surface area contributed by atoms with Gasteiger partial charge in [-0.2, -0.15) is 0 Å². The van der Waals surface area contributed by atoms with Gasteiger partial charge in [-0.3, -0.25) is 4.79 Å². The summed E-state index contributed by atoms with van der Waals surface area (Å²) in [7, 11) is 0. The van der Waals surface area contributed by atoms with E-state index in [0.29, 0.717) is 23.2 Å². The summed E-state index contributed by atoms with van der Waals surface area (Å²) in [5.41, 5.74) is 2.55. The Labute approximate surface area is 103 Å². The third-order valence-corrected chi connectivity index (χ3v) is 3.06. The Morgan fingerprint density at radius 2 is 1.83 bits per heavy atom. The Morgan fingerprint density at radius 1 is 1.11 bits per heavy atom. The molecule has 0 bridgehead atoms. The standard InChI is InChI=1S/C14H10FNO2/c15-10-3-1-8(2-4-10)11-6-12-9(5-13(11)17)7-16-14(12)18/h1-6,17H,7H2,(H,16,18). The molecule has 0 unspecified atom stereocenters. The fraction of sp³-hybridized carbons (Fsp3) is 0.0714. The summed E-state index contributed by atoms with van der Waals surface area (Å²) < 4.78 is 12.9. The van der Waals surface area contributed by atoms with E-state index in [1.165, 1.54) is 12.1 Å². The molecule has 4 heteroatoms. The van der Waals surface area contributed by atoms with Crippen molar-refractivity contribution in [3.63, 3.8) is 0 Å². The van der Waals surface area contributed by atoms with Gasteiger partial charge in [0.25, 0.3) is 5.91 Å². The number of carbonyl (C=O) groups excluding carboxylic acids is 1. The molecule has 0 spiro atoms. The molecule has 0 aliphatic carbocycles. The summed E-state index contributed by atoms with van der Waals surface area (Å²) in [6.07, 6.45) is 0. The molecule has 0 saturated carbocycles.